The molecule has 88 valence electrons. The summed E-state index contributed by atoms with van der Waals surface area (Å²) in [5.74, 6) is 0.496. The molecule has 3 nitrogen and oxygen atoms in total. The van der Waals surface area contributed by atoms with Gasteiger partial charge >= 0.3 is 0 Å². The lowest BCUT2D eigenvalue weighted by atomic mass is 9.93. The SMILES string of the molecule is CC(C)(C)CCOc1cccc(C#N)c1C#N. The molecule has 1 rings (SSSR count). The second-order valence-electron chi connectivity index (χ2n) is 5.06. The normalized spacial score (nSPS) is 10.4. The summed E-state index contributed by atoms with van der Waals surface area (Å²) < 4.78 is 5.57. The van der Waals surface area contributed by atoms with Gasteiger partial charge in [-0.15, -0.1) is 0 Å². The first-order chi connectivity index (χ1) is 7.98. The fourth-order valence-corrected chi connectivity index (χ4v) is 1.33. The highest BCUT2D eigenvalue weighted by Gasteiger charge is 2.12. The largest absolute Gasteiger partial charge is 0.492 e. The van der Waals surface area contributed by atoms with Crippen LogP contribution in [-0.4, -0.2) is 6.61 Å². The zero-order valence-electron chi connectivity index (χ0n) is 10.4. The van der Waals surface area contributed by atoms with E-state index in [1.165, 1.54) is 0 Å². The molecular weight excluding hydrogens is 212 g/mol. The molecule has 0 bridgehead atoms. The van der Waals surface area contributed by atoms with E-state index >= 15 is 0 Å². The summed E-state index contributed by atoms with van der Waals surface area (Å²) in [5.41, 5.74) is 0.879. The Morgan fingerprint density at radius 3 is 2.41 bits per heavy atom. The molecule has 1 aromatic carbocycles. The second kappa shape index (κ2) is 5.37. The molecule has 0 aliphatic rings. The molecule has 0 aliphatic heterocycles. The molecule has 0 amide bonds. The Kier molecular flexibility index (Phi) is 4.12. The Morgan fingerprint density at radius 1 is 1.18 bits per heavy atom. The van der Waals surface area contributed by atoms with Gasteiger partial charge in [-0.2, -0.15) is 10.5 Å². The van der Waals surface area contributed by atoms with Gasteiger partial charge in [0.15, 0.2) is 0 Å². The van der Waals surface area contributed by atoms with Gasteiger partial charge in [-0.05, 0) is 24.0 Å². The highest BCUT2D eigenvalue weighted by molar-refractivity contribution is 5.53. The summed E-state index contributed by atoms with van der Waals surface area (Å²) >= 11 is 0. The molecular formula is C14H16N2O. The maximum Gasteiger partial charge on any atom is 0.138 e. The lowest BCUT2D eigenvalue weighted by molar-refractivity contribution is 0.242. The van der Waals surface area contributed by atoms with E-state index in [0.717, 1.165) is 6.42 Å². The Labute approximate surface area is 102 Å². The molecule has 0 fully saturated rings. The molecule has 0 radical (unpaired) electrons. The molecule has 0 heterocycles. The van der Waals surface area contributed by atoms with Crippen molar-refractivity contribution >= 4 is 0 Å². The van der Waals surface area contributed by atoms with Crippen LogP contribution in [0.4, 0.5) is 0 Å². The van der Waals surface area contributed by atoms with Crippen molar-refractivity contribution < 1.29 is 4.74 Å². The van der Waals surface area contributed by atoms with Crippen LogP contribution >= 0.6 is 0 Å². The first-order valence-corrected chi connectivity index (χ1v) is 5.54. The Bertz CT molecular complexity index is 472. The predicted molar refractivity (Wildman–Crippen MR) is 65.4 cm³/mol. The van der Waals surface area contributed by atoms with Crippen LogP contribution in [0.5, 0.6) is 5.75 Å². The summed E-state index contributed by atoms with van der Waals surface area (Å²) in [6.07, 6.45) is 0.897. The summed E-state index contributed by atoms with van der Waals surface area (Å²) in [5, 5.41) is 17.9. The Morgan fingerprint density at radius 2 is 1.88 bits per heavy atom. The third-order valence-electron chi connectivity index (χ3n) is 2.37. The standard InChI is InChI=1S/C14H16N2O/c1-14(2,3)7-8-17-13-6-4-5-11(9-15)12(13)10-16/h4-6H,7-8H2,1-3H3. The van der Waals surface area contributed by atoms with Gasteiger partial charge in [-0.3, -0.25) is 0 Å². The lowest BCUT2D eigenvalue weighted by Crippen LogP contribution is -2.11. The number of benzene rings is 1. The van der Waals surface area contributed by atoms with E-state index < -0.39 is 0 Å². The monoisotopic (exact) mass is 228 g/mol. The first-order valence-electron chi connectivity index (χ1n) is 5.54. The maximum absolute atomic E-state index is 9.01. The first kappa shape index (κ1) is 13.1. The molecule has 0 aromatic heterocycles. The van der Waals surface area contributed by atoms with E-state index in [0.29, 0.717) is 23.5 Å². The minimum atomic E-state index is 0.194. The fraction of sp³-hybridized carbons (Fsp3) is 0.429. The Balaban J connectivity index is 2.80. The predicted octanol–water partition coefficient (Wildman–Crippen LogP) is 3.24. The molecule has 0 saturated heterocycles. The summed E-state index contributed by atoms with van der Waals surface area (Å²) in [4.78, 5) is 0. The smallest absolute Gasteiger partial charge is 0.138 e. The molecule has 3 heteroatoms. The molecule has 0 spiro atoms. The summed E-state index contributed by atoms with van der Waals surface area (Å²) in [7, 11) is 0. The molecule has 0 atom stereocenters. The molecule has 1 aromatic rings. The summed E-state index contributed by atoms with van der Waals surface area (Å²) in [6, 6.07) is 9.08. The molecule has 0 unspecified atom stereocenters. The number of hydrogen-bond acceptors (Lipinski definition) is 3. The average molecular weight is 228 g/mol. The number of rotatable bonds is 3. The van der Waals surface area contributed by atoms with Crippen molar-refractivity contribution in [3.8, 4) is 17.9 Å². The van der Waals surface area contributed by atoms with Gasteiger partial charge in [0.1, 0.15) is 23.5 Å². The van der Waals surface area contributed by atoms with Gasteiger partial charge < -0.3 is 4.74 Å². The van der Waals surface area contributed by atoms with Crippen molar-refractivity contribution in [2.75, 3.05) is 6.61 Å². The lowest BCUT2D eigenvalue weighted by Gasteiger charge is -2.18. The number of hydrogen-bond donors (Lipinski definition) is 0. The van der Waals surface area contributed by atoms with Gasteiger partial charge in [0.2, 0.25) is 0 Å². The van der Waals surface area contributed by atoms with E-state index in [9.17, 15) is 0 Å². The van der Waals surface area contributed by atoms with Gasteiger partial charge in [0.05, 0.1) is 12.2 Å². The van der Waals surface area contributed by atoms with E-state index in [1.807, 2.05) is 12.1 Å². The van der Waals surface area contributed by atoms with Gasteiger partial charge in [-0.25, -0.2) is 0 Å². The van der Waals surface area contributed by atoms with Crippen LogP contribution in [0.2, 0.25) is 0 Å². The van der Waals surface area contributed by atoms with Crippen molar-refractivity contribution in [2.45, 2.75) is 27.2 Å². The van der Waals surface area contributed by atoms with Crippen LogP contribution in [0.1, 0.15) is 38.3 Å². The van der Waals surface area contributed by atoms with Gasteiger partial charge in [0, 0.05) is 0 Å². The Hall–Kier alpha value is -2.00. The highest BCUT2D eigenvalue weighted by Crippen LogP contribution is 2.23. The fourth-order valence-electron chi connectivity index (χ4n) is 1.33. The van der Waals surface area contributed by atoms with Crippen LogP contribution in [0.25, 0.3) is 0 Å². The molecule has 0 aliphatic carbocycles. The second-order valence-corrected chi connectivity index (χ2v) is 5.06. The third-order valence-corrected chi connectivity index (χ3v) is 2.37. The van der Waals surface area contributed by atoms with E-state index in [2.05, 4.69) is 20.8 Å². The summed E-state index contributed by atoms with van der Waals surface area (Å²) in [6.45, 7) is 6.95. The quantitative estimate of drug-likeness (QED) is 0.797. The highest BCUT2D eigenvalue weighted by atomic mass is 16.5. The van der Waals surface area contributed by atoms with Crippen molar-refractivity contribution in [2.24, 2.45) is 5.41 Å². The van der Waals surface area contributed by atoms with E-state index in [1.54, 1.807) is 18.2 Å². The maximum atomic E-state index is 9.01. The van der Waals surface area contributed by atoms with Crippen LogP contribution in [0.15, 0.2) is 18.2 Å². The van der Waals surface area contributed by atoms with Crippen molar-refractivity contribution in [1.29, 1.82) is 10.5 Å². The molecule has 0 N–H and O–H groups in total. The van der Waals surface area contributed by atoms with Gasteiger partial charge in [-0.1, -0.05) is 26.8 Å². The third kappa shape index (κ3) is 3.81. The van der Waals surface area contributed by atoms with E-state index in [-0.39, 0.29) is 5.41 Å². The topological polar surface area (TPSA) is 56.8 Å². The zero-order chi connectivity index (χ0) is 12.9. The number of nitriles is 2. The minimum absolute atomic E-state index is 0.194. The van der Waals surface area contributed by atoms with E-state index in [4.69, 9.17) is 15.3 Å². The number of nitrogens with zero attached hydrogens (tertiary/aromatic N) is 2. The van der Waals surface area contributed by atoms with Crippen LogP contribution < -0.4 is 4.74 Å². The molecule has 0 saturated carbocycles. The molecule has 17 heavy (non-hydrogen) atoms. The van der Waals surface area contributed by atoms with Crippen molar-refractivity contribution in [1.82, 2.24) is 0 Å². The average Bonchev–Trinajstić information content (AvgIpc) is 2.27. The minimum Gasteiger partial charge on any atom is -0.492 e. The van der Waals surface area contributed by atoms with Crippen LogP contribution in [0.3, 0.4) is 0 Å². The van der Waals surface area contributed by atoms with Crippen LogP contribution in [0, 0.1) is 28.1 Å². The van der Waals surface area contributed by atoms with Gasteiger partial charge in [0.25, 0.3) is 0 Å². The number of ether oxygens (including phenoxy) is 1. The van der Waals surface area contributed by atoms with Crippen molar-refractivity contribution in [3.63, 3.8) is 0 Å². The zero-order valence-corrected chi connectivity index (χ0v) is 10.4. The van der Waals surface area contributed by atoms with Crippen molar-refractivity contribution in [3.05, 3.63) is 29.3 Å². The van der Waals surface area contributed by atoms with Crippen LogP contribution in [-0.2, 0) is 0 Å².